The second kappa shape index (κ2) is 8.22. The first-order valence-corrected chi connectivity index (χ1v) is 9.70. The van der Waals surface area contributed by atoms with E-state index < -0.39 is 10.0 Å². The molecular weight excluding hydrogens is 364 g/mol. The number of carbonyl (C=O) groups excluding carboxylic acids is 1. The average Bonchev–Trinajstić information content (AvgIpc) is 2.58. The lowest BCUT2D eigenvalue weighted by Gasteiger charge is -2.24. The Morgan fingerprint density at radius 3 is 2.48 bits per heavy atom. The molecule has 0 radical (unpaired) electrons. The maximum absolute atomic E-state index is 12.2. The van der Waals surface area contributed by atoms with E-state index in [0.29, 0.717) is 22.0 Å². The van der Waals surface area contributed by atoms with Gasteiger partial charge in [0.15, 0.2) is 0 Å². The number of amides is 1. The number of sulfonamides is 1. The van der Waals surface area contributed by atoms with Gasteiger partial charge in [0.05, 0.1) is 25.6 Å². The third-order valence-corrected chi connectivity index (χ3v) is 4.86. The standard InChI is InChI=1S/C17H19ClN2O4S/c1-24-16-9-8-14(18)12-15(16)20(25(2,22)23)11-10-19-17(21)13-6-4-3-5-7-13/h3-9,12H,10-11H2,1-2H3,(H,19,21). The van der Waals surface area contributed by atoms with Gasteiger partial charge < -0.3 is 10.1 Å². The minimum absolute atomic E-state index is 0.0497. The van der Waals surface area contributed by atoms with Crippen LogP contribution in [0.3, 0.4) is 0 Å². The average molecular weight is 383 g/mol. The van der Waals surface area contributed by atoms with Gasteiger partial charge in [0.25, 0.3) is 5.91 Å². The lowest BCUT2D eigenvalue weighted by molar-refractivity contribution is 0.0955. The van der Waals surface area contributed by atoms with E-state index in [1.165, 1.54) is 13.2 Å². The largest absolute Gasteiger partial charge is 0.495 e. The molecule has 0 aromatic heterocycles. The summed E-state index contributed by atoms with van der Waals surface area (Å²) in [7, 11) is -2.14. The Bertz CT molecular complexity index is 841. The minimum atomic E-state index is -3.59. The van der Waals surface area contributed by atoms with Crippen molar-refractivity contribution in [3.05, 3.63) is 59.1 Å². The van der Waals surface area contributed by atoms with Crippen LogP contribution in [-0.2, 0) is 10.0 Å². The lowest BCUT2D eigenvalue weighted by Crippen LogP contribution is -2.38. The summed E-state index contributed by atoms with van der Waals surface area (Å²) in [6, 6.07) is 13.4. The van der Waals surface area contributed by atoms with Crippen LogP contribution in [0, 0.1) is 0 Å². The van der Waals surface area contributed by atoms with Crippen LogP contribution in [0.1, 0.15) is 10.4 Å². The van der Waals surface area contributed by atoms with Crippen molar-refractivity contribution in [2.45, 2.75) is 0 Å². The Labute approximate surface area is 152 Å². The molecule has 0 unspecified atom stereocenters. The van der Waals surface area contributed by atoms with Gasteiger partial charge in [-0.1, -0.05) is 29.8 Å². The number of methoxy groups -OCH3 is 1. The number of anilines is 1. The van der Waals surface area contributed by atoms with Gasteiger partial charge in [-0.25, -0.2) is 8.42 Å². The number of nitrogens with zero attached hydrogens (tertiary/aromatic N) is 1. The van der Waals surface area contributed by atoms with Crippen molar-refractivity contribution in [3.8, 4) is 5.75 Å². The fraction of sp³-hybridized carbons (Fsp3) is 0.235. The second-order valence-corrected chi connectivity index (χ2v) is 7.62. The Morgan fingerprint density at radius 2 is 1.88 bits per heavy atom. The van der Waals surface area contributed by atoms with Crippen molar-refractivity contribution >= 4 is 33.2 Å². The molecule has 2 aromatic carbocycles. The zero-order chi connectivity index (χ0) is 18.4. The molecule has 2 aromatic rings. The van der Waals surface area contributed by atoms with Crippen LogP contribution in [0.2, 0.25) is 5.02 Å². The number of rotatable bonds is 7. The predicted octanol–water partition coefficient (Wildman–Crippen LogP) is 2.54. The minimum Gasteiger partial charge on any atom is -0.495 e. The molecule has 1 N–H and O–H groups in total. The lowest BCUT2D eigenvalue weighted by atomic mass is 10.2. The summed E-state index contributed by atoms with van der Waals surface area (Å²) in [5.41, 5.74) is 0.834. The van der Waals surface area contributed by atoms with Gasteiger partial charge >= 0.3 is 0 Å². The van der Waals surface area contributed by atoms with Gasteiger partial charge in [-0.2, -0.15) is 0 Å². The molecule has 2 rings (SSSR count). The van der Waals surface area contributed by atoms with Crippen molar-refractivity contribution in [1.82, 2.24) is 5.32 Å². The maximum atomic E-state index is 12.2. The van der Waals surface area contributed by atoms with E-state index in [-0.39, 0.29) is 19.0 Å². The Morgan fingerprint density at radius 1 is 1.20 bits per heavy atom. The number of hydrogen-bond donors (Lipinski definition) is 1. The summed E-state index contributed by atoms with van der Waals surface area (Å²) in [6.07, 6.45) is 1.09. The first-order valence-electron chi connectivity index (χ1n) is 7.47. The van der Waals surface area contributed by atoms with Crippen molar-refractivity contribution < 1.29 is 17.9 Å². The zero-order valence-corrected chi connectivity index (χ0v) is 15.5. The van der Waals surface area contributed by atoms with E-state index >= 15 is 0 Å². The molecule has 0 aliphatic heterocycles. The maximum Gasteiger partial charge on any atom is 0.251 e. The molecule has 0 spiro atoms. The van der Waals surface area contributed by atoms with E-state index in [0.717, 1.165) is 10.6 Å². The van der Waals surface area contributed by atoms with E-state index in [9.17, 15) is 13.2 Å². The van der Waals surface area contributed by atoms with Crippen molar-refractivity contribution in [2.24, 2.45) is 0 Å². The molecule has 0 bridgehead atoms. The van der Waals surface area contributed by atoms with Gasteiger partial charge in [-0.05, 0) is 30.3 Å². The van der Waals surface area contributed by atoms with Gasteiger partial charge in [-0.15, -0.1) is 0 Å². The van der Waals surface area contributed by atoms with Gasteiger partial charge in [0.1, 0.15) is 5.75 Å². The molecule has 0 saturated heterocycles. The first-order chi connectivity index (χ1) is 11.8. The third-order valence-electron chi connectivity index (χ3n) is 3.45. The van der Waals surface area contributed by atoms with Crippen LogP contribution < -0.4 is 14.4 Å². The molecule has 0 aliphatic carbocycles. The summed E-state index contributed by atoms with van der Waals surface area (Å²) < 4.78 is 30.7. The first kappa shape index (κ1) is 19.1. The molecule has 0 aliphatic rings. The molecule has 6 nitrogen and oxygen atoms in total. The number of nitrogens with one attached hydrogen (secondary N) is 1. The normalized spacial score (nSPS) is 11.0. The number of benzene rings is 2. The molecule has 0 saturated carbocycles. The number of ether oxygens (including phenoxy) is 1. The van der Waals surface area contributed by atoms with Gasteiger partial charge in [0.2, 0.25) is 10.0 Å². The van der Waals surface area contributed by atoms with Crippen LogP contribution in [0.25, 0.3) is 0 Å². The second-order valence-electron chi connectivity index (χ2n) is 5.27. The van der Waals surface area contributed by atoms with Crippen molar-refractivity contribution in [2.75, 3.05) is 30.8 Å². The summed E-state index contributed by atoms with van der Waals surface area (Å²) in [4.78, 5) is 12.1. The van der Waals surface area contributed by atoms with Crippen LogP contribution in [-0.4, -0.2) is 40.8 Å². The van der Waals surface area contributed by atoms with E-state index in [4.69, 9.17) is 16.3 Å². The van der Waals surface area contributed by atoms with Crippen LogP contribution in [0.5, 0.6) is 5.75 Å². The highest BCUT2D eigenvalue weighted by molar-refractivity contribution is 7.92. The summed E-state index contributed by atoms with van der Waals surface area (Å²) >= 11 is 5.99. The molecule has 0 atom stereocenters. The van der Waals surface area contributed by atoms with Gasteiger partial charge in [-0.3, -0.25) is 9.10 Å². The van der Waals surface area contributed by atoms with Gasteiger partial charge in [0, 0.05) is 17.1 Å². The highest BCUT2D eigenvalue weighted by Gasteiger charge is 2.21. The summed E-state index contributed by atoms with van der Waals surface area (Å²) in [5.74, 6) is 0.108. The van der Waals surface area contributed by atoms with E-state index in [1.54, 1.807) is 36.4 Å². The SMILES string of the molecule is COc1ccc(Cl)cc1N(CCNC(=O)c1ccccc1)S(C)(=O)=O. The molecule has 0 fully saturated rings. The Hall–Kier alpha value is -2.25. The summed E-state index contributed by atoms with van der Waals surface area (Å²) in [5, 5.41) is 3.09. The van der Waals surface area contributed by atoms with Crippen LogP contribution in [0.4, 0.5) is 5.69 Å². The Balaban J connectivity index is 2.15. The highest BCUT2D eigenvalue weighted by atomic mass is 35.5. The number of carbonyl (C=O) groups is 1. The smallest absolute Gasteiger partial charge is 0.251 e. The molecule has 0 heterocycles. The highest BCUT2D eigenvalue weighted by Crippen LogP contribution is 2.32. The third kappa shape index (κ3) is 5.11. The molecule has 1 amide bonds. The number of halogens is 1. The summed E-state index contributed by atoms with van der Waals surface area (Å²) in [6.45, 7) is 0.185. The molecule has 134 valence electrons. The van der Waals surface area contributed by atoms with Crippen molar-refractivity contribution in [1.29, 1.82) is 0 Å². The number of hydrogen-bond acceptors (Lipinski definition) is 4. The van der Waals surface area contributed by atoms with Crippen LogP contribution >= 0.6 is 11.6 Å². The van der Waals surface area contributed by atoms with Crippen LogP contribution in [0.15, 0.2) is 48.5 Å². The topological polar surface area (TPSA) is 75.7 Å². The van der Waals surface area contributed by atoms with Crippen molar-refractivity contribution in [3.63, 3.8) is 0 Å². The monoisotopic (exact) mass is 382 g/mol. The quantitative estimate of drug-likeness (QED) is 0.798. The predicted molar refractivity (Wildman–Crippen MR) is 99.0 cm³/mol. The fourth-order valence-corrected chi connectivity index (χ4v) is 3.37. The van der Waals surface area contributed by atoms with E-state index in [1.807, 2.05) is 6.07 Å². The molecule has 8 heteroatoms. The molecule has 25 heavy (non-hydrogen) atoms. The fourth-order valence-electron chi connectivity index (χ4n) is 2.29. The molecular formula is C17H19ClN2O4S. The Kier molecular flexibility index (Phi) is 6.27. The zero-order valence-electron chi connectivity index (χ0n) is 13.9. The van der Waals surface area contributed by atoms with E-state index in [2.05, 4.69) is 5.32 Å².